The first-order valence-electron chi connectivity index (χ1n) is 10.7. The van der Waals surface area contributed by atoms with Crippen LogP contribution in [0.2, 0.25) is 22.2 Å². The zero-order valence-corrected chi connectivity index (χ0v) is 20.2. The molecule has 1 saturated heterocycles. The molecule has 1 spiro atoms. The second-order valence-electron chi connectivity index (χ2n) is 10.2. The number of carbonyl (C=O) groups excluding carboxylic acids is 1. The molecule has 1 heterocycles. The van der Waals surface area contributed by atoms with Crippen molar-refractivity contribution >= 4 is 22.9 Å². The van der Waals surface area contributed by atoms with Crippen molar-refractivity contribution in [2.24, 2.45) is 11.3 Å². The molecule has 2 aliphatic carbocycles. The Balaban J connectivity index is 2.11. The first kappa shape index (κ1) is 21.6. The monoisotopic (exact) mass is 414 g/mol. The van der Waals surface area contributed by atoms with Gasteiger partial charge in [-0.3, -0.25) is 4.79 Å². The Morgan fingerprint density at radius 2 is 1.41 bits per heavy atom. The third kappa shape index (κ3) is 3.04. The second kappa shape index (κ2) is 7.02. The highest BCUT2D eigenvalue weighted by molar-refractivity contribution is 6.84. The average Bonchev–Trinajstić information content (AvgIpc) is 3.31. The minimum Gasteiger partial charge on any atom is -0.414 e. The number of aliphatic hydroxyl groups is 1. The van der Waals surface area contributed by atoms with Crippen LogP contribution in [-0.4, -0.2) is 46.8 Å². The van der Waals surface area contributed by atoms with Crippen LogP contribution in [0.4, 0.5) is 0 Å². The van der Waals surface area contributed by atoms with E-state index < -0.39 is 29.3 Å². The van der Waals surface area contributed by atoms with E-state index in [1.807, 2.05) is 0 Å². The summed E-state index contributed by atoms with van der Waals surface area (Å²) in [6, 6.07) is 0. The summed E-state index contributed by atoms with van der Waals surface area (Å²) in [4.78, 5) is 13.0. The maximum Gasteiger partial charge on any atom is 0.335 e. The fourth-order valence-corrected chi connectivity index (χ4v) is 16.6. The molecule has 1 aliphatic heterocycles. The van der Waals surface area contributed by atoms with Gasteiger partial charge in [-0.05, 0) is 35.0 Å². The largest absolute Gasteiger partial charge is 0.414 e. The molecule has 0 bridgehead atoms. The highest BCUT2D eigenvalue weighted by Crippen LogP contribution is 2.62. The van der Waals surface area contributed by atoms with Crippen molar-refractivity contribution < 1.29 is 22.9 Å². The zero-order valence-electron chi connectivity index (χ0n) is 18.2. The van der Waals surface area contributed by atoms with E-state index in [-0.39, 0.29) is 28.2 Å². The van der Waals surface area contributed by atoms with E-state index in [1.165, 1.54) is 0 Å². The van der Waals surface area contributed by atoms with Gasteiger partial charge in [0.25, 0.3) is 0 Å². The van der Waals surface area contributed by atoms with Crippen molar-refractivity contribution in [2.75, 3.05) is 6.61 Å². The first-order valence-corrected chi connectivity index (χ1v) is 14.6. The van der Waals surface area contributed by atoms with Gasteiger partial charge in [0, 0.05) is 17.9 Å². The number of carbonyl (C=O) groups is 1. The van der Waals surface area contributed by atoms with Gasteiger partial charge in [0.1, 0.15) is 12.2 Å². The van der Waals surface area contributed by atoms with Gasteiger partial charge in [-0.2, -0.15) is 0 Å². The van der Waals surface area contributed by atoms with E-state index >= 15 is 0 Å². The van der Waals surface area contributed by atoms with Crippen LogP contribution in [0.5, 0.6) is 0 Å². The van der Waals surface area contributed by atoms with Gasteiger partial charge >= 0.3 is 17.1 Å². The fraction of sp³-hybridized carbons (Fsp3) is 0.950. The summed E-state index contributed by atoms with van der Waals surface area (Å²) in [6.07, 6.45) is 0.300. The molecule has 27 heavy (non-hydrogen) atoms. The minimum atomic E-state index is -2.77. The summed E-state index contributed by atoms with van der Waals surface area (Å²) < 4.78 is 20.6. The zero-order chi connectivity index (χ0) is 20.4. The van der Waals surface area contributed by atoms with Crippen molar-refractivity contribution in [1.29, 1.82) is 0 Å². The maximum absolute atomic E-state index is 13.0. The van der Waals surface area contributed by atoms with E-state index in [9.17, 15) is 9.90 Å². The van der Waals surface area contributed by atoms with Crippen molar-refractivity contribution in [1.82, 2.24) is 0 Å². The molecule has 0 aromatic carbocycles. The lowest BCUT2D eigenvalue weighted by molar-refractivity contribution is -0.132. The average molecular weight is 415 g/mol. The van der Waals surface area contributed by atoms with Crippen LogP contribution < -0.4 is 0 Å². The molecule has 7 heteroatoms. The quantitative estimate of drug-likeness (QED) is 0.696. The number of hydrogen-bond donors (Lipinski definition) is 1. The van der Waals surface area contributed by atoms with E-state index in [1.54, 1.807) is 0 Å². The SMILES string of the molecule is CC(C)[Si]1(C(C)C)OC[C@@H]2[C@@H](O[Si](C(C)C)(C(C)C)O1)C(=O)[C@@H](O)C21CC1. The fourth-order valence-electron chi connectivity index (χ4n) is 5.46. The Morgan fingerprint density at radius 1 is 0.926 bits per heavy atom. The predicted octanol–water partition coefficient (Wildman–Crippen LogP) is 4.28. The van der Waals surface area contributed by atoms with Gasteiger partial charge in [0.05, 0.1) is 0 Å². The molecule has 0 unspecified atom stereocenters. The lowest BCUT2D eigenvalue weighted by atomic mass is 9.91. The Kier molecular flexibility index (Phi) is 5.63. The van der Waals surface area contributed by atoms with Crippen molar-refractivity contribution in [3.8, 4) is 0 Å². The normalized spacial score (nSPS) is 34.4. The molecule has 0 amide bonds. The number of rotatable bonds is 4. The standard InChI is InChI=1S/C20H38O5Si2/c1-12(2)26(13(3)4)23-11-16-18(17(21)19(22)20(16)9-10-20)24-27(25-26,14(5)6)15(7)8/h12-16,18-19,22H,9-11H2,1-8H3/t16-,18-,19-/m1/s1. The van der Waals surface area contributed by atoms with Crippen LogP contribution in [0.25, 0.3) is 0 Å². The molecule has 0 aromatic rings. The molecule has 3 rings (SSSR count). The summed E-state index contributed by atoms with van der Waals surface area (Å²) in [6.45, 7) is 17.9. The van der Waals surface area contributed by atoms with Gasteiger partial charge in [0.2, 0.25) is 0 Å². The Bertz CT molecular complexity index is 569. The third-order valence-corrected chi connectivity index (χ3v) is 17.6. The number of aliphatic hydroxyl groups excluding tert-OH is 1. The minimum absolute atomic E-state index is 0.0438. The van der Waals surface area contributed by atoms with Crippen molar-refractivity contribution in [3.05, 3.63) is 0 Å². The maximum atomic E-state index is 13.0. The van der Waals surface area contributed by atoms with E-state index in [2.05, 4.69) is 55.4 Å². The topological polar surface area (TPSA) is 65.0 Å². The Hall–Kier alpha value is -0.0562. The summed E-state index contributed by atoms with van der Waals surface area (Å²) in [5, 5.41) is 10.7. The third-order valence-electron chi connectivity index (χ3n) is 7.36. The molecule has 0 aromatic heterocycles. The van der Waals surface area contributed by atoms with Crippen LogP contribution >= 0.6 is 0 Å². The molecule has 2 saturated carbocycles. The Morgan fingerprint density at radius 3 is 1.81 bits per heavy atom. The van der Waals surface area contributed by atoms with Gasteiger partial charge in [0.15, 0.2) is 5.78 Å². The van der Waals surface area contributed by atoms with Crippen LogP contribution in [0, 0.1) is 11.3 Å². The van der Waals surface area contributed by atoms with Gasteiger partial charge in [-0.15, -0.1) is 0 Å². The first-order chi connectivity index (χ1) is 12.4. The molecule has 5 nitrogen and oxygen atoms in total. The summed E-state index contributed by atoms with van der Waals surface area (Å²) >= 11 is 0. The van der Waals surface area contributed by atoms with Crippen LogP contribution in [0.3, 0.4) is 0 Å². The molecule has 3 fully saturated rings. The van der Waals surface area contributed by atoms with Crippen LogP contribution in [-0.2, 0) is 17.8 Å². The predicted molar refractivity (Wildman–Crippen MR) is 110 cm³/mol. The van der Waals surface area contributed by atoms with E-state index in [0.29, 0.717) is 17.7 Å². The smallest absolute Gasteiger partial charge is 0.335 e. The number of Topliss-reactive ketones (excluding diaryl/α,β-unsaturated/α-hetero) is 1. The van der Waals surface area contributed by atoms with Crippen molar-refractivity contribution in [3.63, 3.8) is 0 Å². The second-order valence-corrected chi connectivity index (χ2v) is 19.0. The summed E-state index contributed by atoms with van der Waals surface area (Å²) in [5.74, 6) is -0.191. The summed E-state index contributed by atoms with van der Waals surface area (Å²) in [7, 11) is -5.34. The summed E-state index contributed by atoms with van der Waals surface area (Å²) in [5.41, 5.74) is 0.662. The lowest BCUT2D eigenvalue weighted by Gasteiger charge is -2.51. The lowest BCUT2D eigenvalue weighted by Crippen LogP contribution is -2.65. The number of fused-ring (bicyclic) bond motifs is 2. The number of hydrogen-bond acceptors (Lipinski definition) is 5. The highest BCUT2D eigenvalue weighted by Gasteiger charge is 2.70. The molecular weight excluding hydrogens is 376 g/mol. The molecule has 3 atom stereocenters. The molecular formula is C20H38O5Si2. The van der Waals surface area contributed by atoms with Gasteiger partial charge < -0.3 is 18.1 Å². The van der Waals surface area contributed by atoms with E-state index in [0.717, 1.165) is 12.8 Å². The molecule has 1 N–H and O–H groups in total. The molecule has 156 valence electrons. The van der Waals surface area contributed by atoms with Crippen molar-refractivity contribution in [2.45, 2.75) is 103 Å². The molecule has 3 aliphatic rings. The Labute approximate surface area is 166 Å². The van der Waals surface area contributed by atoms with E-state index in [4.69, 9.17) is 13.0 Å². The van der Waals surface area contributed by atoms with Crippen LogP contribution in [0.1, 0.15) is 68.2 Å². The highest BCUT2D eigenvalue weighted by atomic mass is 28.5. The van der Waals surface area contributed by atoms with Gasteiger partial charge in [-0.25, -0.2) is 0 Å². The molecule has 0 radical (unpaired) electrons. The number of ketones is 1. The van der Waals surface area contributed by atoms with Crippen LogP contribution in [0.15, 0.2) is 0 Å². The van der Waals surface area contributed by atoms with Gasteiger partial charge in [-0.1, -0.05) is 55.4 Å².